The van der Waals surface area contributed by atoms with Crippen molar-refractivity contribution in [2.45, 2.75) is 97.6 Å². The van der Waals surface area contributed by atoms with Gasteiger partial charge in [-0.05, 0) is 60.9 Å². The van der Waals surface area contributed by atoms with E-state index in [0.29, 0.717) is 23.8 Å². The Labute approximate surface area is 272 Å². The highest BCUT2D eigenvalue weighted by molar-refractivity contribution is 7.45. The summed E-state index contributed by atoms with van der Waals surface area (Å²) in [4.78, 5) is 30.9. The second-order valence-electron chi connectivity index (χ2n) is 12.4. The van der Waals surface area contributed by atoms with Crippen molar-refractivity contribution in [2.24, 2.45) is 5.92 Å². The fourth-order valence-corrected chi connectivity index (χ4v) is 6.43. The molecule has 1 fully saturated rings. The average Bonchev–Trinajstić information content (AvgIpc) is 3.67. The first-order valence-electron chi connectivity index (χ1n) is 15.6. The maximum atomic E-state index is 12.8. The number of aromatic nitrogens is 3. The van der Waals surface area contributed by atoms with Gasteiger partial charge in [-0.1, -0.05) is 59.6 Å². The summed E-state index contributed by atoms with van der Waals surface area (Å²) in [6.07, 6.45) is 4.28. The molecule has 4 atom stereocenters. The number of esters is 1. The number of rotatable bonds is 16. The maximum Gasteiger partial charge on any atom is 0.328 e. The molecule has 1 aliphatic rings. The number of hydrogen-bond donors (Lipinski definition) is 4. The van der Waals surface area contributed by atoms with E-state index in [9.17, 15) is 4.79 Å². The third kappa shape index (κ3) is 9.78. The second kappa shape index (κ2) is 16.6. The molecule has 0 spiro atoms. The fourth-order valence-electron chi connectivity index (χ4n) is 4.99. The summed E-state index contributed by atoms with van der Waals surface area (Å²) < 4.78 is 32.3. The number of carbonyl (C=O) groups is 1. The predicted molar refractivity (Wildman–Crippen MR) is 175 cm³/mol. The molecule has 0 amide bonds. The Kier molecular flexibility index (Phi) is 13.1. The Morgan fingerprint density at radius 1 is 1.13 bits per heavy atom. The lowest BCUT2D eigenvalue weighted by Crippen LogP contribution is -2.34. The van der Waals surface area contributed by atoms with Crippen molar-refractivity contribution >= 4 is 28.6 Å². The van der Waals surface area contributed by atoms with E-state index in [1.807, 2.05) is 30.3 Å². The van der Waals surface area contributed by atoms with E-state index >= 15 is 0 Å². The fraction of sp³-hybridized carbons (Fsp3) is 0.581. The molecule has 1 aliphatic heterocycles. The Bertz CT molecular complexity index is 1470. The minimum Gasteiger partial charge on any atom is -0.464 e. The first-order chi connectivity index (χ1) is 21.9. The van der Waals surface area contributed by atoms with Gasteiger partial charge in [-0.3, -0.25) is 19.3 Å². The van der Waals surface area contributed by atoms with Gasteiger partial charge in [0.2, 0.25) is 0 Å². The van der Waals surface area contributed by atoms with Gasteiger partial charge in [-0.15, -0.1) is 0 Å². The first kappa shape index (κ1) is 36.4. The van der Waals surface area contributed by atoms with Crippen LogP contribution in [0.15, 0.2) is 42.7 Å². The molecular formula is C31H47N5O8P2. The molecule has 1 saturated heterocycles. The van der Waals surface area contributed by atoms with Crippen molar-refractivity contribution in [3.8, 4) is 5.75 Å². The van der Waals surface area contributed by atoms with Crippen LogP contribution in [-0.4, -0.2) is 55.3 Å². The highest BCUT2D eigenvalue weighted by atomic mass is 31.2. The Balaban J connectivity index is 1.40. The first-order valence-corrected chi connectivity index (χ1v) is 18.0. The second-order valence-corrected chi connectivity index (χ2v) is 14.4. The zero-order chi connectivity index (χ0) is 33.4. The average molecular weight is 680 g/mol. The number of benzene rings is 1. The molecule has 0 aliphatic carbocycles. The third-order valence-electron chi connectivity index (χ3n) is 8.03. The van der Waals surface area contributed by atoms with Crippen LogP contribution in [0.4, 0.5) is 0 Å². The number of carbonyl (C=O) groups excluding carboxylic acids is 1. The smallest absolute Gasteiger partial charge is 0.328 e. The topological polar surface area (TPSA) is 162 Å². The van der Waals surface area contributed by atoms with Crippen LogP contribution < -0.4 is 15.1 Å². The normalized spacial score (nSPS) is 18.4. The molecule has 0 radical (unpaired) electrons. The minimum absolute atomic E-state index is 0.00418. The van der Waals surface area contributed by atoms with E-state index in [4.69, 9.17) is 38.2 Å². The van der Waals surface area contributed by atoms with Crippen LogP contribution in [0.1, 0.15) is 84.6 Å². The number of hydrogen-bond acceptors (Lipinski definition) is 11. The van der Waals surface area contributed by atoms with Crippen LogP contribution in [0.3, 0.4) is 0 Å². The molecule has 15 heteroatoms. The molecule has 4 N–H and O–H groups in total. The highest BCUT2D eigenvalue weighted by Crippen LogP contribution is 2.40. The van der Waals surface area contributed by atoms with Gasteiger partial charge in [0.25, 0.3) is 0 Å². The maximum absolute atomic E-state index is 12.8. The molecule has 13 nitrogen and oxygen atoms in total. The highest BCUT2D eigenvalue weighted by Gasteiger charge is 2.31. The van der Waals surface area contributed by atoms with Crippen molar-refractivity contribution < 1.29 is 37.6 Å². The Morgan fingerprint density at radius 2 is 1.85 bits per heavy atom. The summed E-state index contributed by atoms with van der Waals surface area (Å²) in [7, 11) is -4.26. The van der Waals surface area contributed by atoms with E-state index < -0.39 is 23.2 Å². The molecule has 3 aromatic rings. The van der Waals surface area contributed by atoms with Gasteiger partial charge in [-0.25, -0.2) is 9.60 Å². The van der Waals surface area contributed by atoms with Crippen LogP contribution in [0.25, 0.3) is 5.52 Å². The number of nitrogens with one attached hydrogen (secondary N) is 2. The summed E-state index contributed by atoms with van der Waals surface area (Å²) in [6, 6.07) is 10.9. The van der Waals surface area contributed by atoms with Crippen molar-refractivity contribution in [3.05, 3.63) is 59.5 Å². The van der Waals surface area contributed by atoms with Crippen LogP contribution >= 0.6 is 17.1 Å². The van der Waals surface area contributed by atoms with Crippen molar-refractivity contribution in [1.82, 2.24) is 19.3 Å². The molecule has 3 unspecified atom stereocenters. The zero-order valence-corrected chi connectivity index (χ0v) is 29.2. The van der Waals surface area contributed by atoms with Crippen LogP contribution in [0.5, 0.6) is 5.75 Å². The van der Waals surface area contributed by atoms with E-state index in [0.717, 1.165) is 31.4 Å². The number of nitrogens with zero attached hydrogens (tertiary/aromatic N) is 3. The number of ether oxygens (including phenoxy) is 2. The Hall–Kier alpha value is -2.47. The van der Waals surface area contributed by atoms with Gasteiger partial charge in [0, 0.05) is 0 Å². The molecule has 1 aromatic carbocycles. The van der Waals surface area contributed by atoms with Gasteiger partial charge in [0.1, 0.15) is 36.5 Å². The van der Waals surface area contributed by atoms with Crippen molar-refractivity contribution in [1.29, 1.82) is 5.41 Å². The summed E-state index contributed by atoms with van der Waals surface area (Å²) in [5, 5.41) is 16.1. The van der Waals surface area contributed by atoms with Crippen molar-refractivity contribution in [3.63, 3.8) is 0 Å². The third-order valence-corrected chi connectivity index (χ3v) is 9.73. The molecule has 0 bridgehead atoms. The quantitative estimate of drug-likeness (QED) is 0.111. The largest absolute Gasteiger partial charge is 0.464 e. The summed E-state index contributed by atoms with van der Waals surface area (Å²) in [5.41, 5.74) is 2.64. The van der Waals surface area contributed by atoms with Crippen LogP contribution in [0.2, 0.25) is 0 Å². The zero-order valence-electron chi connectivity index (χ0n) is 27.4. The van der Waals surface area contributed by atoms with Crippen molar-refractivity contribution in [2.75, 3.05) is 13.2 Å². The van der Waals surface area contributed by atoms with Gasteiger partial charge < -0.3 is 28.3 Å². The molecule has 3 heterocycles. The lowest BCUT2D eigenvalue weighted by atomic mass is 9.87. The molecule has 4 rings (SSSR count). The van der Waals surface area contributed by atoms with Gasteiger partial charge in [0.05, 0.1) is 25.0 Å². The molecule has 2 aromatic heterocycles. The van der Waals surface area contributed by atoms with Gasteiger partial charge in [-0.2, -0.15) is 5.10 Å². The van der Waals surface area contributed by atoms with E-state index in [2.05, 4.69) is 44.8 Å². The molecule has 46 heavy (non-hydrogen) atoms. The van der Waals surface area contributed by atoms with E-state index in [1.54, 1.807) is 17.5 Å². The lowest BCUT2D eigenvalue weighted by molar-refractivity contribution is -0.146. The Morgan fingerprint density at radius 3 is 2.50 bits per heavy atom. The predicted octanol–water partition coefficient (Wildman–Crippen LogP) is 5.60. The molecule has 0 saturated carbocycles. The molecular weight excluding hydrogens is 632 g/mol. The van der Waals surface area contributed by atoms with Gasteiger partial charge in [0.15, 0.2) is 5.49 Å². The lowest BCUT2D eigenvalue weighted by Gasteiger charge is -2.24. The summed E-state index contributed by atoms with van der Waals surface area (Å²) >= 11 is 0. The van der Waals surface area contributed by atoms with Crippen LogP contribution in [0, 0.1) is 11.3 Å². The summed E-state index contributed by atoms with van der Waals surface area (Å²) in [5.74, 6) is 0.605. The van der Waals surface area contributed by atoms with E-state index in [1.165, 1.54) is 16.5 Å². The van der Waals surface area contributed by atoms with E-state index in [-0.39, 0.29) is 42.4 Å². The van der Waals surface area contributed by atoms with Crippen LogP contribution in [-0.2, 0) is 35.5 Å². The standard InChI is InChI=1S/C31H47N5O8P2/c1-7-22(8-2)17-40-30(37)21(3)34-45(44-24-11-9-23(10-12-24)31(4,5)6)41-18-25-13-16-28(43-25)26-14-15-27-29(32)35(19-33-36(26)27)20-42-46(38)39/h9-12,14-15,19,21-22,25,28,32,34,38-39H,7-8,13,16-18,20H2,1-6H3/t21-,25?,28?,45?/m0/s1. The SMILES string of the molecule is CCC(CC)COC(=O)[C@H](C)NP(OCC1CCC(c2ccc3c(=N)n(COP(O)O)cnn23)O1)Oc1ccc(C(C)(C)C)cc1. The molecule has 254 valence electrons. The minimum atomic E-state index is -2.54. The number of fused-ring (bicyclic) bond motifs is 1. The monoisotopic (exact) mass is 679 g/mol. The van der Waals surface area contributed by atoms with Gasteiger partial charge >= 0.3 is 23.1 Å². The summed E-state index contributed by atoms with van der Waals surface area (Å²) in [6.45, 7) is 12.8.